The summed E-state index contributed by atoms with van der Waals surface area (Å²) in [6.07, 6.45) is 11.2. The van der Waals surface area contributed by atoms with Gasteiger partial charge in [0.05, 0.1) is 22.1 Å². The van der Waals surface area contributed by atoms with Crippen LogP contribution < -0.4 is 4.90 Å². The average molecular weight is 771 g/mol. The van der Waals surface area contributed by atoms with Crippen molar-refractivity contribution < 1.29 is 4.42 Å². The number of anilines is 3. The van der Waals surface area contributed by atoms with Gasteiger partial charge in [0, 0.05) is 44.9 Å². The molecule has 0 aliphatic heterocycles. The number of nitrogens with zero attached hydrogens (tertiary/aromatic N) is 2. The molecule has 3 heteroatoms. The van der Waals surface area contributed by atoms with Crippen LogP contribution in [0.4, 0.5) is 17.1 Å². The van der Waals surface area contributed by atoms with Crippen LogP contribution in [0.5, 0.6) is 0 Å². The highest BCUT2D eigenvalue weighted by atomic mass is 16.3. The second-order valence-electron chi connectivity index (χ2n) is 16.8. The minimum atomic E-state index is -0.492. The van der Waals surface area contributed by atoms with Crippen molar-refractivity contribution in [1.82, 2.24) is 4.57 Å². The SMILES string of the molecule is CC1C=Cc2oc3cc(N(c4ccc5c(c4)C(c4ccccc4)(c4ccccc4)C4=C5C(C)CC=C4)c4ccc5c(c4)c4ccccc4n5-c4c#cccc4)ccc3c2C1. The van der Waals surface area contributed by atoms with Crippen LogP contribution in [0.2, 0.25) is 0 Å². The molecule has 60 heavy (non-hydrogen) atoms. The van der Waals surface area contributed by atoms with Gasteiger partial charge in [0.1, 0.15) is 11.3 Å². The summed E-state index contributed by atoms with van der Waals surface area (Å²) in [5, 5.41) is 3.57. The lowest BCUT2D eigenvalue weighted by Crippen LogP contribution is -2.30. The lowest BCUT2D eigenvalue weighted by molar-refractivity contribution is 0.584. The van der Waals surface area contributed by atoms with Gasteiger partial charge in [-0.15, -0.1) is 0 Å². The zero-order chi connectivity index (χ0) is 40.0. The first-order valence-corrected chi connectivity index (χ1v) is 21.2. The molecule has 3 nitrogen and oxygen atoms in total. The molecule has 0 amide bonds. The van der Waals surface area contributed by atoms with Gasteiger partial charge in [-0.25, -0.2) is 0 Å². The number of rotatable bonds is 6. The van der Waals surface area contributed by atoms with Crippen LogP contribution in [0.1, 0.15) is 53.8 Å². The molecule has 2 aromatic heterocycles. The number of furan rings is 1. The van der Waals surface area contributed by atoms with E-state index in [4.69, 9.17) is 4.42 Å². The van der Waals surface area contributed by atoms with Gasteiger partial charge < -0.3 is 13.9 Å². The summed E-state index contributed by atoms with van der Waals surface area (Å²) >= 11 is 0. The minimum Gasteiger partial charge on any atom is -0.456 e. The topological polar surface area (TPSA) is 21.3 Å². The van der Waals surface area contributed by atoms with Gasteiger partial charge in [-0.05, 0) is 131 Å². The fourth-order valence-corrected chi connectivity index (χ4v) is 10.7. The van der Waals surface area contributed by atoms with Crippen LogP contribution in [-0.4, -0.2) is 4.57 Å². The molecule has 0 N–H and O–H groups in total. The van der Waals surface area contributed by atoms with Gasteiger partial charge >= 0.3 is 0 Å². The Morgan fingerprint density at radius 1 is 0.667 bits per heavy atom. The molecule has 12 rings (SSSR count). The van der Waals surface area contributed by atoms with E-state index < -0.39 is 5.41 Å². The van der Waals surface area contributed by atoms with Crippen LogP contribution in [0, 0.1) is 24.0 Å². The standard InChI is InChI=1S/C57H42N2O/c1-37-25-32-54-49(33-37)46-29-26-44(36-55(46)60-54)58(42-28-31-53-48(34-42)45-22-12-13-24-52(45)59(53)41-20-10-5-11-21-41)43-27-30-47-51(35-43)57(39-16-6-3-7-17-39,40-18-8-4-9-19-40)50-23-14-15-38(2)56(47)50/h3-10,12-14,16-20,22-32,34-38H,15,33H2,1-2H3. The van der Waals surface area contributed by atoms with Crippen LogP contribution in [0.15, 0.2) is 186 Å². The van der Waals surface area contributed by atoms with Gasteiger partial charge in [-0.2, -0.15) is 0 Å². The Morgan fingerprint density at radius 3 is 2.18 bits per heavy atom. The van der Waals surface area contributed by atoms with Crippen molar-refractivity contribution >= 4 is 61.5 Å². The predicted octanol–water partition coefficient (Wildman–Crippen LogP) is 14.5. The van der Waals surface area contributed by atoms with Crippen LogP contribution in [-0.2, 0) is 11.8 Å². The van der Waals surface area contributed by atoms with Gasteiger partial charge in [0.15, 0.2) is 0 Å². The number of para-hydroxylation sites is 1. The minimum absolute atomic E-state index is 0.392. The van der Waals surface area contributed by atoms with E-state index >= 15 is 0 Å². The molecule has 9 aromatic rings. The van der Waals surface area contributed by atoms with Crippen LogP contribution in [0.25, 0.3) is 50.1 Å². The molecular weight excluding hydrogens is 729 g/mol. The van der Waals surface area contributed by atoms with Crippen LogP contribution in [0.3, 0.4) is 0 Å². The highest BCUT2D eigenvalue weighted by molar-refractivity contribution is 6.11. The quantitative estimate of drug-likeness (QED) is 0.168. The number of aromatic nitrogens is 1. The van der Waals surface area contributed by atoms with E-state index in [2.05, 4.69) is 205 Å². The van der Waals surface area contributed by atoms with E-state index in [9.17, 15) is 0 Å². The van der Waals surface area contributed by atoms with Gasteiger partial charge in [0.25, 0.3) is 0 Å². The maximum Gasteiger partial charge on any atom is 0.137 e. The second-order valence-corrected chi connectivity index (χ2v) is 16.8. The Balaban J connectivity index is 1.13. The van der Waals surface area contributed by atoms with Crippen molar-refractivity contribution in [3.63, 3.8) is 0 Å². The molecule has 7 aromatic carbocycles. The first-order chi connectivity index (χ1) is 29.6. The lowest BCUT2D eigenvalue weighted by atomic mass is 9.66. The predicted molar refractivity (Wildman–Crippen MR) is 247 cm³/mol. The van der Waals surface area contributed by atoms with E-state index in [0.29, 0.717) is 11.8 Å². The molecule has 0 spiro atoms. The molecule has 0 saturated heterocycles. The average Bonchev–Trinajstić information content (AvgIpc) is 3.93. The van der Waals surface area contributed by atoms with Crippen LogP contribution >= 0.6 is 0 Å². The van der Waals surface area contributed by atoms with Gasteiger partial charge in [-0.3, -0.25) is 0 Å². The molecule has 3 aliphatic carbocycles. The number of hydrogen-bond acceptors (Lipinski definition) is 2. The van der Waals surface area contributed by atoms with E-state index in [1.807, 2.05) is 12.1 Å². The third kappa shape index (κ3) is 5.04. The van der Waals surface area contributed by atoms with E-state index in [-0.39, 0.29) is 0 Å². The molecular formula is C57H42N2O. The van der Waals surface area contributed by atoms with E-state index in [1.54, 1.807) is 0 Å². The summed E-state index contributed by atoms with van der Waals surface area (Å²) in [5.41, 5.74) is 16.2. The number of hydrogen-bond donors (Lipinski definition) is 0. The number of allylic oxidation sites excluding steroid dienone is 5. The number of benzene rings is 6. The van der Waals surface area contributed by atoms with Gasteiger partial charge in [0.2, 0.25) is 0 Å². The molecule has 0 saturated carbocycles. The van der Waals surface area contributed by atoms with Crippen molar-refractivity contribution in [2.24, 2.45) is 11.8 Å². The maximum absolute atomic E-state index is 6.64. The summed E-state index contributed by atoms with van der Waals surface area (Å²) < 4.78 is 8.95. The van der Waals surface area contributed by atoms with Crippen molar-refractivity contribution in [2.75, 3.05) is 4.90 Å². The molecule has 2 heterocycles. The van der Waals surface area contributed by atoms with Gasteiger partial charge in [-0.1, -0.05) is 129 Å². The first-order valence-electron chi connectivity index (χ1n) is 21.2. The van der Waals surface area contributed by atoms with Crippen molar-refractivity contribution in [1.29, 1.82) is 0 Å². The zero-order valence-corrected chi connectivity index (χ0v) is 33.7. The van der Waals surface area contributed by atoms with Crippen molar-refractivity contribution in [3.05, 3.63) is 227 Å². The fraction of sp³-hybridized carbons (Fsp3) is 0.123. The molecule has 0 bridgehead atoms. The molecule has 0 fully saturated rings. The zero-order valence-electron chi connectivity index (χ0n) is 33.7. The smallest absolute Gasteiger partial charge is 0.137 e. The Kier molecular flexibility index (Phi) is 7.75. The Bertz CT molecular complexity index is 3200. The molecule has 2 atom stereocenters. The lowest BCUT2D eigenvalue weighted by Gasteiger charge is -2.36. The summed E-state index contributed by atoms with van der Waals surface area (Å²) in [7, 11) is 0. The highest BCUT2D eigenvalue weighted by Crippen LogP contribution is 2.59. The second kappa shape index (κ2) is 13.4. The summed E-state index contributed by atoms with van der Waals surface area (Å²) in [6, 6.07) is 64.5. The van der Waals surface area contributed by atoms with Crippen molar-refractivity contribution in [3.8, 4) is 5.69 Å². The highest BCUT2D eigenvalue weighted by Gasteiger charge is 2.48. The molecule has 2 unspecified atom stereocenters. The number of fused-ring (bicyclic) bond motifs is 8. The Labute approximate surface area is 350 Å². The van der Waals surface area contributed by atoms with Crippen molar-refractivity contribution in [2.45, 2.75) is 32.1 Å². The summed E-state index contributed by atoms with van der Waals surface area (Å²) in [5.74, 6) is 1.85. The maximum atomic E-state index is 6.64. The normalized spacial score (nSPS) is 17.5. The Morgan fingerprint density at radius 2 is 1.38 bits per heavy atom. The monoisotopic (exact) mass is 770 g/mol. The third-order valence-corrected chi connectivity index (χ3v) is 13.3. The largest absolute Gasteiger partial charge is 0.456 e. The summed E-state index contributed by atoms with van der Waals surface area (Å²) in [4.78, 5) is 2.44. The van der Waals surface area contributed by atoms with E-state index in [1.165, 1.54) is 55.1 Å². The Hall–Kier alpha value is -7.28. The third-order valence-electron chi connectivity index (χ3n) is 13.3. The molecule has 286 valence electrons. The molecule has 0 radical (unpaired) electrons. The van der Waals surface area contributed by atoms with E-state index in [0.717, 1.165) is 58.0 Å². The first kappa shape index (κ1) is 34.7. The fourth-order valence-electron chi connectivity index (χ4n) is 10.7. The molecule has 3 aliphatic rings. The summed E-state index contributed by atoms with van der Waals surface area (Å²) in [6.45, 7) is 4.66.